The molecule has 0 bridgehead atoms. The van der Waals surface area contributed by atoms with E-state index in [4.69, 9.17) is 16.3 Å². The van der Waals surface area contributed by atoms with E-state index in [1.807, 2.05) is 37.4 Å². The van der Waals surface area contributed by atoms with Crippen LogP contribution in [0.2, 0.25) is 5.02 Å². The van der Waals surface area contributed by atoms with Crippen LogP contribution in [0.1, 0.15) is 5.01 Å². The second-order valence-corrected chi connectivity index (χ2v) is 8.64. The maximum Gasteiger partial charge on any atom is 0.250 e. The number of rotatable bonds is 7. The van der Waals surface area contributed by atoms with Crippen molar-refractivity contribution in [3.05, 3.63) is 58.8 Å². The molecule has 2 aromatic carbocycles. The Morgan fingerprint density at radius 2 is 2.17 bits per heavy atom. The molecule has 148 valence electrons. The van der Waals surface area contributed by atoms with Crippen molar-refractivity contribution in [2.45, 2.75) is 16.7 Å². The Labute approximate surface area is 180 Å². The zero-order valence-corrected chi connectivity index (χ0v) is 17.7. The lowest BCUT2D eigenvalue weighted by Crippen LogP contribution is -2.18. The standard InChI is InChI=1S/C19H16ClN5O2S2/c1-25-11-21-24-19(25)29-16-7-6-12(20)8-14(16)22-17(26)9-27-10-18-23-13-4-2-3-5-15(13)28-18/h2-8,11H,9-10H2,1H3,(H,22,26). The van der Waals surface area contributed by atoms with Gasteiger partial charge in [0.2, 0.25) is 5.91 Å². The number of benzene rings is 2. The Kier molecular flexibility index (Phi) is 6.10. The number of fused-ring (bicyclic) bond motifs is 1. The van der Waals surface area contributed by atoms with Crippen molar-refractivity contribution in [2.24, 2.45) is 7.05 Å². The van der Waals surface area contributed by atoms with Crippen LogP contribution in [0.5, 0.6) is 0 Å². The van der Waals surface area contributed by atoms with Crippen molar-refractivity contribution < 1.29 is 9.53 Å². The molecule has 2 heterocycles. The van der Waals surface area contributed by atoms with Crippen LogP contribution < -0.4 is 5.32 Å². The molecule has 0 aliphatic carbocycles. The molecule has 0 fully saturated rings. The van der Waals surface area contributed by atoms with Crippen molar-refractivity contribution in [3.63, 3.8) is 0 Å². The van der Waals surface area contributed by atoms with Gasteiger partial charge in [-0.05, 0) is 42.1 Å². The number of halogens is 1. The minimum atomic E-state index is -0.270. The SMILES string of the molecule is Cn1cnnc1Sc1ccc(Cl)cc1NC(=O)COCc1nc2ccccc2s1. The summed E-state index contributed by atoms with van der Waals surface area (Å²) in [6.07, 6.45) is 1.62. The fourth-order valence-corrected chi connectivity index (χ4v) is 4.46. The Morgan fingerprint density at radius 1 is 1.31 bits per heavy atom. The third-order valence-corrected chi connectivity index (χ3v) is 6.26. The smallest absolute Gasteiger partial charge is 0.250 e. The summed E-state index contributed by atoms with van der Waals surface area (Å²) >= 11 is 9.05. The van der Waals surface area contributed by atoms with Crippen LogP contribution in [0.25, 0.3) is 10.2 Å². The first-order valence-corrected chi connectivity index (χ1v) is 10.6. The number of hydrogen-bond acceptors (Lipinski definition) is 7. The van der Waals surface area contributed by atoms with Gasteiger partial charge >= 0.3 is 0 Å². The molecule has 0 unspecified atom stereocenters. The quantitative estimate of drug-likeness (QED) is 0.454. The Balaban J connectivity index is 1.37. The van der Waals surface area contributed by atoms with Gasteiger partial charge in [0.15, 0.2) is 5.16 Å². The average Bonchev–Trinajstić information content (AvgIpc) is 3.29. The molecule has 29 heavy (non-hydrogen) atoms. The van der Waals surface area contributed by atoms with Crippen LogP contribution >= 0.6 is 34.7 Å². The zero-order valence-electron chi connectivity index (χ0n) is 15.3. The number of para-hydroxylation sites is 1. The van der Waals surface area contributed by atoms with Crippen molar-refractivity contribution in [3.8, 4) is 0 Å². The number of aryl methyl sites for hydroxylation is 1. The molecule has 0 aliphatic heterocycles. The number of ether oxygens (including phenoxy) is 1. The number of carbonyl (C=O) groups is 1. The molecule has 7 nitrogen and oxygen atoms in total. The van der Waals surface area contributed by atoms with Gasteiger partial charge in [-0.15, -0.1) is 21.5 Å². The summed E-state index contributed by atoms with van der Waals surface area (Å²) in [4.78, 5) is 17.7. The van der Waals surface area contributed by atoms with Crippen LogP contribution in [0, 0.1) is 0 Å². The van der Waals surface area contributed by atoms with E-state index >= 15 is 0 Å². The van der Waals surface area contributed by atoms with E-state index < -0.39 is 0 Å². The van der Waals surface area contributed by atoms with E-state index in [2.05, 4.69) is 20.5 Å². The highest BCUT2D eigenvalue weighted by Crippen LogP contribution is 2.34. The Hall–Kier alpha value is -2.46. The average molecular weight is 446 g/mol. The fourth-order valence-electron chi connectivity index (χ4n) is 2.55. The number of hydrogen-bond donors (Lipinski definition) is 1. The molecule has 2 aromatic heterocycles. The predicted octanol–water partition coefficient (Wildman–Crippen LogP) is 4.38. The van der Waals surface area contributed by atoms with Crippen LogP contribution in [-0.4, -0.2) is 32.3 Å². The van der Waals surface area contributed by atoms with E-state index in [-0.39, 0.29) is 19.1 Å². The number of amides is 1. The highest BCUT2D eigenvalue weighted by Gasteiger charge is 2.12. The van der Waals surface area contributed by atoms with Gasteiger partial charge in [0.1, 0.15) is 17.9 Å². The van der Waals surface area contributed by atoms with Crippen molar-refractivity contribution in [1.29, 1.82) is 0 Å². The molecule has 4 aromatic rings. The first-order chi connectivity index (χ1) is 14.1. The lowest BCUT2D eigenvalue weighted by molar-refractivity contribution is -0.121. The first-order valence-electron chi connectivity index (χ1n) is 8.62. The maximum atomic E-state index is 12.4. The topological polar surface area (TPSA) is 81.9 Å². The monoisotopic (exact) mass is 445 g/mol. The molecular weight excluding hydrogens is 430 g/mol. The highest BCUT2D eigenvalue weighted by atomic mass is 35.5. The van der Waals surface area contributed by atoms with Crippen molar-refractivity contribution in [2.75, 3.05) is 11.9 Å². The minimum absolute atomic E-state index is 0.0868. The number of anilines is 1. The molecular formula is C19H16ClN5O2S2. The zero-order chi connectivity index (χ0) is 20.2. The number of carbonyl (C=O) groups excluding carboxylic acids is 1. The van der Waals surface area contributed by atoms with Gasteiger partial charge in [-0.1, -0.05) is 23.7 Å². The van der Waals surface area contributed by atoms with Gasteiger partial charge < -0.3 is 14.6 Å². The van der Waals surface area contributed by atoms with Gasteiger partial charge in [0.05, 0.1) is 22.5 Å². The summed E-state index contributed by atoms with van der Waals surface area (Å²) in [7, 11) is 1.85. The summed E-state index contributed by atoms with van der Waals surface area (Å²) in [5.41, 5.74) is 1.53. The summed E-state index contributed by atoms with van der Waals surface area (Å²) < 4.78 is 8.44. The van der Waals surface area contributed by atoms with Crippen LogP contribution in [0.4, 0.5) is 5.69 Å². The molecule has 1 amide bonds. The van der Waals surface area contributed by atoms with Gasteiger partial charge in [-0.2, -0.15) is 0 Å². The van der Waals surface area contributed by atoms with Gasteiger partial charge in [-0.25, -0.2) is 4.98 Å². The Morgan fingerprint density at radius 3 is 2.97 bits per heavy atom. The molecule has 0 atom stereocenters. The number of thiazole rings is 1. The first kappa shape index (κ1) is 19.8. The van der Waals surface area contributed by atoms with Crippen LogP contribution in [0.3, 0.4) is 0 Å². The summed E-state index contributed by atoms with van der Waals surface area (Å²) in [5.74, 6) is -0.270. The molecule has 4 rings (SSSR count). The van der Waals surface area contributed by atoms with E-state index in [1.54, 1.807) is 34.4 Å². The van der Waals surface area contributed by atoms with E-state index in [1.165, 1.54) is 11.8 Å². The van der Waals surface area contributed by atoms with Gasteiger partial charge in [0, 0.05) is 17.0 Å². The second-order valence-electron chi connectivity index (χ2n) is 6.08. The summed E-state index contributed by atoms with van der Waals surface area (Å²) in [6, 6.07) is 13.2. The minimum Gasteiger partial charge on any atom is -0.364 e. The normalized spacial score (nSPS) is 11.1. The van der Waals surface area contributed by atoms with E-state index in [0.29, 0.717) is 15.9 Å². The number of aromatic nitrogens is 4. The molecule has 10 heteroatoms. The van der Waals surface area contributed by atoms with Crippen molar-refractivity contribution in [1.82, 2.24) is 19.7 Å². The molecule has 0 saturated heterocycles. The van der Waals surface area contributed by atoms with E-state index in [0.717, 1.165) is 20.1 Å². The molecule has 0 aliphatic rings. The summed E-state index contributed by atoms with van der Waals surface area (Å²) in [5, 5.41) is 12.8. The molecule has 1 N–H and O–H groups in total. The lowest BCUT2D eigenvalue weighted by atomic mass is 10.3. The fraction of sp³-hybridized carbons (Fsp3) is 0.158. The molecule has 0 radical (unpaired) electrons. The predicted molar refractivity (Wildman–Crippen MR) is 114 cm³/mol. The highest BCUT2D eigenvalue weighted by molar-refractivity contribution is 7.99. The van der Waals surface area contributed by atoms with Crippen molar-refractivity contribution >= 4 is 56.5 Å². The van der Waals surface area contributed by atoms with Crippen LogP contribution in [-0.2, 0) is 23.2 Å². The van der Waals surface area contributed by atoms with E-state index in [9.17, 15) is 4.79 Å². The lowest BCUT2D eigenvalue weighted by Gasteiger charge is -2.11. The third kappa shape index (κ3) is 4.94. The van der Waals surface area contributed by atoms with Gasteiger partial charge in [-0.3, -0.25) is 4.79 Å². The second kappa shape index (κ2) is 8.91. The number of nitrogens with zero attached hydrogens (tertiary/aromatic N) is 4. The third-order valence-electron chi connectivity index (χ3n) is 3.88. The molecule has 0 saturated carbocycles. The molecule has 0 spiro atoms. The summed E-state index contributed by atoms with van der Waals surface area (Å²) in [6.45, 7) is 0.194. The van der Waals surface area contributed by atoms with Crippen LogP contribution in [0.15, 0.2) is 58.8 Å². The largest absolute Gasteiger partial charge is 0.364 e. The maximum absolute atomic E-state index is 12.4. The van der Waals surface area contributed by atoms with Gasteiger partial charge in [0.25, 0.3) is 0 Å². The Bertz CT molecular complexity index is 1130. The number of nitrogens with one attached hydrogen (secondary N) is 1.